The summed E-state index contributed by atoms with van der Waals surface area (Å²) in [5, 5.41) is 11.6. The van der Waals surface area contributed by atoms with Crippen molar-refractivity contribution in [2.24, 2.45) is 0 Å². The summed E-state index contributed by atoms with van der Waals surface area (Å²) < 4.78 is 6.42. The SMILES string of the molecule is COc1ccc(C)c2sc(N(Cc3ccccc3)C(=O)/C=C/c3cccc([N+](=O)[O-])c3)nc12. The Balaban J connectivity index is 1.72. The van der Waals surface area contributed by atoms with Crippen molar-refractivity contribution < 1.29 is 14.5 Å². The number of benzene rings is 3. The van der Waals surface area contributed by atoms with Gasteiger partial charge in [-0.25, -0.2) is 4.98 Å². The second-order valence-corrected chi connectivity index (χ2v) is 8.33. The lowest BCUT2D eigenvalue weighted by Gasteiger charge is -2.18. The van der Waals surface area contributed by atoms with Crippen molar-refractivity contribution >= 4 is 44.4 Å². The number of hydrogen-bond acceptors (Lipinski definition) is 6. The highest BCUT2D eigenvalue weighted by molar-refractivity contribution is 7.22. The number of amides is 1. The molecule has 0 aliphatic rings. The first kappa shape index (κ1) is 22.2. The van der Waals surface area contributed by atoms with E-state index in [1.807, 2.05) is 49.4 Å². The van der Waals surface area contributed by atoms with Crippen LogP contribution in [0.5, 0.6) is 5.75 Å². The van der Waals surface area contributed by atoms with Gasteiger partial charge in [0, 0.05) is 18.2 Å². The number of nitro benzene ring substituents is 1. The van der Waals surface area contributed by atoms with Gasteiger partial charge in [0.15, 0.2) is 5.13 Å². The Hall–Kier alpha value is -4.04. The minimum absolute atomic E-state index is 0.0283. The number of anilines is 1. The number of non-ortho nitro benzene ring substituents is 1. The van der Waals surface area contributed by atoms with Gasteiger partial charge in [0.25, 0.3) is 11.6 Å². The highest BCUT2D eigenvalue weighted by Crippen LogP contribution is 2.37. The minimum atomic E-state index is -0.461. The minimum Gasteiger partial charge on any atom is -0.494 e. The molecule has 33 heavy (non-hydrogen) atoms. The van der Waals surface area contributed by atoms with Crippen molar-refractivity contribution in [3.8, 4) is 5.75 Å². The van der Waals surface area contributed by atoms with Crippen molar-refractivity contribution in [2.45, 2.75) is 13.5 Å². The Morgan fingerprint density at radius 1 is 1.15 bits per heavy atom. The van der Waals surface area contributed by atoms with Crippen LogP contribution in [0.2, 0.25) is 0 Å². The van der Waals surface area contributed by atoms with Crippen LogP contribution in [0.3, 0.4) is 0 Å². The van der Waals surface area contributed by atoms with E-state index in [4.69, 9.17) is 9.72 Å². The van der Waals surface area contributed by atoms with Crippen molar-refractivity contribution in [1.29, 1.82) is 0 Å². The fraction of sp³-hybridized carbons (Fsp3) is 0.120. The van der Waals surface area contributed by atoms with Gasteiger partial charge in [-0.15, -0.1) is 0 Å². The predicted octanol–water partition coefficient (Wildman–Crippen LogP) is 5.77. The van der Waals surface area contributed by atoms with Crippen LogP contribution >= 0.6 is 11.3 Å². The summed E-state index contributed by atoms with van der Waals surface area (Å²) in [5.41, 5.74) is 3.26. The summed E-state index contributed by atoms with van der Waals surface area (Å²) in [4.78, 5) is 30.2. The number of fused-ring (bicyclic) bond motifs is 1. The van der Waals surface area contributed by atoms with Crippen LogP contribution in [-0.2, 0) is 11.3 Å². The lowest BCUT2D eigenvalue weighted by molar-refractivity contribution is -0.384. The summed E-state index contributed by atoms with van der Waals surface area (Å²) in [5.74, 6) is 0.374. The maximum atomic E-state index is 13.3. The molecule has 7 nitrogen and oxygen atoms in total. The van der Waals surface area contributed by atoms with Crippen molar-refractivity contribution in [3.63, 3.8) is 0 Å². The van der Waals surface area contributed by atoms with Gasteiger partial charge in [-0.05, 0) is 35.8 Å². The molecule has 0 saturated carbocycles. The molecule has 0 saturated heterocycles. The number of thiazole rings is 1. The zero-order valence-electron chi connectivity index (χ0n) is 18.1. The lowest BCUT2D eigenvalue weighted by atomic mass is 10.2. The highest BCUT2D eigenvalue weighted by atomic mass is 32.1. The Bertz CT molecular complexity index is 1350. The molecule has 0 aliphatic heterocycles. The summed E-state index contributed by atoms with van der Waals surface area (Å²) in [6.45, 7) is 2.33. The molecule has 0 aliphatic carbocycles. The lowest BCUT2D eigenvalue weighted by Crippen LogP contribution is -2.28. The first-order valence-electron chi connectivity index (χ1n) is 10.2. The third-order valence-corrected chi connectivity index (χ3v) is 6.31. The number of aryl methyl sites for hydroxylation is 1. The van der Waals surface area contributed by atoms with E-state index in [1.165, 1.54) is 29.5 Å². The third kappa shape index (κ3) is 4.91. The molecule has 4 aromatic rings. The zero-order chi connectivity index (χ0) is 23.4. The van der Waals surface area contributed by atoms with E-state index >= 15 is 0 Å². The Labute approximate surface area is 194 Å². The van der Waals surface area contributed by atoms with E-state index in [-0.39, 0.29) is 11.6 Å². The van der Waals surface area contributed by atoms with E-state index in [0.29, 0.717) is 28.5 Å². The van der Waals surface area contributed by atoms with E-state index < -0.39 is 4.92 Å². The van der Waals surface area contributed by atoms with Crippen molar-refractivity contribution in [2.75, 3.05) is 12.0 Å². The number of nitro groups is 1. The molecule has 3 aromatic carbocycles. The molecule has 0 fully saturated rings. The largest absolute Gasteiger partial charge is 0.494 e. The van der Waals surface area contributed by atoms with E-state index in [0.717, 1.165) is 15.8 Å². The van der Waals surface area contributed by atoms with E-state index in [1.54, 1.807) is 30.2 Å². The van der Waals surface area contributed by atoms with E-state index in [9.17, 15) is 14.9 Å². The molecule has 0 spiro atoms. The number of rotatable bonds is 7. The molecule has 1 heterocycles. The van der Waals surface area contributed by atoms with Gasteiger partial charge in [-0.3, -0.25) is 19.8 Å². The molecule has 0 atom stereocenters. The number of nitrogens with zero attached hydrogens (tertiary/aromatic N) is 3. The van der Waals surface area contributed by atoms with Crippen LogP contribution in [0.25, 0.3) is 16.3 Å². The average Bonchev–Trinajstić information content (AvgIpc) is 3.28. The van der Waals surface area contributed by atoms with Gasteiger partial charge in [-0.2, -0.15) is 0 Å². The molecule has 0 unspecified atom stereocenters. The Morgan fingerprint density at radius 2 is 1.94 bits per heavy atom. The quantitative estimate of drug-likeness (QED) is 0.199. The van der Waals surface area contributed by atoms with Gasteiger partial charge >= 0.3 is 0 Å². The Kier molecular flexibility index (Phi) is 6.46. The summed E-state index contributed by atoms with van der Waals surface area (Å²) in [6, 6.07) is 19.6. The number of aromatic nitrogens is 1. The molecule has 0 N–H and O–H groups in total. The second-order valence-electron chi connectivity index (χ2n) is 7.35. The monoisotopic (exact) mass is 459 g/mol. The first-order valence-corrected chi connectivity index (χ1v) is 11.0. The molecule has 1 amide bonds. The van der Waals surface area contributed by atoms with Crippen molar-refractivity contribution in [3.05, 3.63) is 99.6 Å². The van der Waals surface area contributed by atoms with Crippen molar-refractivity contribution in [1.82, 2.24) is 4.98 Å². The summed E-state index contributed by atoms with van der Waals surface area (Å²) >= 11 is 1.43. The molecular weight excluding hydrogens is 438 g/mol. The maximum absolute atomic E-state index is 13.3. The molecule has 0 bridgehead atoms. The van der Waals surface area contributed by atoms with Crippen LogP contribution in [0.1, 0.15) is 16.7 Å². The smallest absolute Gasteiger partial charge is 0.270 e. The summed E-state index contributed by atoms with van der Waals surface area (Å²) in [6.07, 6.45) is 2.99. The number of ether oxygens (including phenoxy) is 1. The van der Waals surface area contributed by atoms with Crippen LogP contribution in [0, 0.1) is 17.0 Å². The molecule has 1 aromatic heterocycles. The van der Waals surface area contributed by atoms with Gasteiger partial charge in [0.2, 0.25) is 0 Å². The number of carbonyl (C=O) groups is 1. The number of hydrogen-bond donors (Lipinski definition) is 0. The van der Waals surface area contributed by atoms with Crippen LogP contribution in [0.15, 0.2) is 72.8 Å². The first-order chi connectivity index (χ1) is 16.0. The average molecular weight is 460 g/mol. The summed E-state index contributed by atoms with van der Waals surface area (Å²) in [7, 11) is 1.60. The molecule has 166 valence electrons. The maximum Gasteiger partial charge on any atom is 0.270 e. The molecule has 8 heteroatoms. The number of carbonyl (C=O) groups excluding carboxylic acids is 1. The normalized spacial score (nSPS) is 11.1. The number of methoxy groups -OCH3 is 1. The van der Waals surface area contributed by atoms with Gasteiger partial charge in [-0.1, -0.05) is 59.9 Å². The third-order valence-electron chi connectivity index (χ3n) is 5.09. The van der Waals surface area contributed by atoms with Crippen LogP contribution < -0.4 is 9.64 Å². The zero-order valence-corrected chi connectivity index (χ0v) is 18.9. The van der Waals surface area contributed by atoms with Gasteiger partial charge in [0.05, 0.1) is 23.3 Å². The Morgan fingerprint density at radius 3 is 2.67 bits per heavy atom. The topological polar surface area (TPSA) is 85.6 Å². The van der Waals surface area contributed by atoms with Crippen LogP contribution in [-0.4, -0.2) is 22.9 Å². The highest BCUT2D eigenvalue weighted by Gasteiger charge is 2.20. The molecule has 0 radical (unpaired) electrons. The van der Waals surface area contributed by atoms with Crippen LogP contribution in [0.4, 0.5) is 10.8 Å². The van der Waals surface area contributed by atoms with E-state index in [2.05, 4.69) is 0 Å². The standard InChI is InChI=1S/C25H21N3O4S/c1-17-11-13-21(32-2)23-24(17)33-25(26-23)27(16-19-7-4-3-5-8-19)22(29)14-12-18-9-6-10-20(15-18)28(30)31/h3-15H,16H2,1-2H3/b14-12+. The van der Waals surface area contributed by atoms with Gasteiger partial charge in [0.1, 0.15) is 11.3 Å². The second kappa shape index (κ2) is 9.62. The molecule has 4 rings (SSSR count). The fourth-order valence-electron chi connectivity index (χ4n) is 3.38. The fourth-order valence-corrected chi connectivity index (χ4v) is 4.44. The predicted molar refractivity (Wildman–Crippen MR) is 131 cm³/mol. The molecular formula is C25H21N3O4S. The van der Waals surface area contributed by atoms with Gasteiger partial charge < -0.3 is 4.74 Å².